The Kier molecular flexibility index (Phi) is 3.38. The maximum absolute atomic E-state index is 12.6. The second-order valence-electron chi connectivity index (χ2n) is 7.65. The van der Waals surface area contributed by atoms with Crippen molar-refractivity contribution in [3.63, 3.8) is 0 Å². The summed E-state index contributed by atoms with van der Waals surface area (Å²) in [6.45, 7) is 6.13. The van der Waals surface area contributed by atoms with Crippen LogP contribution in [0.1, 0.15) is 48.7 Å². The summed E-state index contributed by atoms with van der Waals surface area (Å²) < 4.78 is 0. The first kappa shape index (κ1) is 16.6. The number of nitrogens with zero attached hydrogens (tertiary/aromatic N) is 1. The molecule has 0 N–H and O–H groups in total. The molecule has 25 heavy (non-hydrogen) atoms. The molecule has 0 spiro atoms. The van der Waals surface area contributed by atoms with Crippen molar-refractivity contribution in [2.75, 3.05) is 4.90 Å². The van der Waals surface area contributed by atoms with E-state index in [0.29, 0.717) is 27.7 Å². The van der Waals surface area contributed by atoms with Crippen molar-refractivity contribution in [3.8, 4) is 0 Å². The van der Waals surface area contributed by atoms with Gasteiger partial charge < -0.3 is 0 Å². The lowest BCUT2D eigenvalue weighted by atomic mass is 9.65. The van der Waals surface area contributed by atoms with Crippen LogP contribution in [0.2, 0.25) is 10.0 Å². The van der Waals surface area contributed by atoms with Gasteiger partial charge >= 0.3 is 0 Å². The summed E-state index contributed by atoms with van der Waals surface area (Å²) in [7, 11) is 0. The van der Waals surface area contributed by atoms with Crippen molar-refractivity contribution in [1.29, 1.82) is 0 Å². The number of halogens is 2. The summed E-state index contributed by atoms with van der Waals surface area (Å²) in [4.78, 5) is 26.8. The minimum atomic E-state index is -0.493. The maximum atomic E-state index is 12.6. The molecule has 2 aliphatic heterocycles. The Hall–Kier alpha value is -1.84. The molecule has 2 aromatic rings. The number of carbonyl (C=O) groups is 2. The number of benzene rings is 2. The van der Waals surface area contributed by atoms with Gasteiger partial charge in [0.1, 0.15) is 0 Å². The predicted molar refractivity (Wildman–Crippen MR) is 99.9 cm³/mol. The van der Waals surface area contributed by atoms with Crippen molar-refractivity contribution >= 4 is 40.6 Å². The van der Waals surface area contributed by atoms with E-state index in [0.717, 1.165) is 11.1 Å². The Balaban J connectivity index is 2.06. The van der Waals surface area contributed by atoms with Gasteiger partial charge in [-0.25, -0.2) is 0 Å². The van der Waals surface area contributed by atoms with Crippen LogP contribution in [0.5, 0.6) is 0 Å². The molecule has 0 fully saturated rings. The topological polar surface area (TPSA) is 37.4 Å². The van der Waals surface area contributed by atoms with Crippen LogP contribution in [-0.4, -0.2) is 17.2 Å². The first-order chi connectivity index (χ1) is 11.6. The number of hydrogen-bond donors (Lipinski definition) is 0. The second kappa shape index (κ2) is 5.09. The normalized spacial score (nSPS) is 23.8. The Morgan fingerprint density at radius 1 is 0.960 bits per heavy atom. The Bertz CT molecular complexity index is 933. The summed E-state index contributed by atoms with van der Waals surface area (Å²) in [6, 6.07) is 11.2. The molecule has 2 aromatic carbocycles. The summed E-state index contributed by atoms with van der Waals surface area (Å²) in [6.07, 6.45) is 0.674. The molecule has 1 unspecified atom stereocenters. The van der Waals surface area contributed by atoms with E-state index in [1.54, 1.807) is 11.0 Å². The molecule has 128 valence electrons. The van der Waals surface area contributed by atoms with E-state index in [-0.39, 0.29) is 5.41 Å². The van der Waals surface area contributed by atoms with Crippen LogP contribution in [0.4, 0.5) is 5.69 Å². The first-order valence-electron chi connectivity index (χ1n) is 8.14. The van der Waals surface area contributed by atoms with Crippen molar-refractivity contribution in [3.05, 3.63) is 63.1 Å². The molecule has 1 amide bonds. The van der Waals surface area contributed by atoms with Crippen molar-refractivity contribution in [1.82, 2.24) is 0 Å². The molecule has 0 radical (unpaired) electrons. The minimum absolute atomic E-state index is 0.384. The molecular weight excluding hydrogens is 357 g/mol. The zero-order valence-corrected chi connectivity index (χ0v) is 15.7. The molecule has 2 heterocycles. The van der Waals surface area contributed by atoms with Gasteiger partial charge in [-0.3, -0.25) is 14.5 Å². The number of rotatable bonds is 1. The fraction of sp³-hybridized carbons (Fsp3) is 0.300. The van der Waals surface area contributed by atoms with E-state index in [9.17, 15) is 9.59 Å². The summed E-state index contributed by atoms with van der Waals surface area (Å²) in [5.41, 5.74) is 2.22. The molecular formula is C20H17Cl2NO2. The van der Waals surface area contributed by atoms with Gasteiger partial charge in [-0.05, 0) is 55.7 Å². The summed E-state index contributed by atoms with van der Waals surface area (Å²) in [5.74, 6) is -0.950. The molecule has 4 rings (SSSR count). The third-order valence-corrected chi connectivity index (χ3v) is 5.88. The zero-order chi connectivity index (χ0) is 18.1. The number of Topliss-reactive ketones (excluding diaryl/α,β-unsaturated/α-hetero) is 1. The lowest BCUT2D eigenvalue weighted by Crippen LogP contribution is -2.54. The molecule has 0 saturated heterocycles. The fourth-order valence-electron chi connectivity index (χ4n) is 4.44. The molecule has 1 atom stereocenters. The molecule has 0 aliphatic carbocycles. The van der Waals surface area contributed by atoms with Gasteiger partial charge in [0.15, 0.2) is 0 Å². The van der Waals surface area contributed by atoms with Crippen LogP contribution in [-0.2, 0) is 10.2 Å². The number of carbonyl (C=O) groups excluding carboxylic acids is 2. The SMILES string of the molecule is CC1(c2ccc(Cl)cc2)CC(C)(C)N2C(=O)C(=O)c3cc(Cl)cc1c32. The van der Waals surface area contributed by atoms with Gasteiger partial charge in [0.05, 0.1) is 11.3 Å². The third kappa shape index (κ3) is 2.19. The number of hydrogen-bond acceptors (Lipinski definition) is 2. The Morgan fingerprint density at radius 2 is 1.60 bits per heavy atom. The van der Waals surface area contributed by atoms with E-state index in [2.05, 4.69) is 6.92 Å². The Morgan fingerprint density at radius 3 is 2.24 bits per heavy atom. The van der Waals surface area contributed by atoms with E-state index in [1.165, 1.54) is 0 Å². The number of amides is 1. The van der Waals surface area contributed by atoms with E-state index >= 15 is 0 Å². The van der Waals surface area contributed by atoms with E-state index in [4.69, 9.17) is 23.2 Å². The molecule has 0 aromatic heterocycles. The van der Waals surface area contributed by atoms with Gasteiger partial charge in [-0.15, -0.1) is 0 Å². The van der Waals surface area contributed by atoms with Gasteiger partial charge in [0.2, 0.25) is 0 Å². The smallest absolute Gasteiger partial charge is 0.299 e. The third-order valence-electron chi connectivity index (χ3n) is 5.41. The highest BCUT2D eigenvalue weighted by molar-refractivity contribution is 6.53. The van der Waals surface area contributed by atoms with E-state index < -0.39 is 17.2 Å². The molecule has 0 bridgehead atoms. The first-order valence-corrected chi connectivity index (χ1v) is 8.90. The largest absolute Gasteiger partial charge is 0.299 e. The molecule has 3 nitrogen and oxygen atoms in total. The van der Waals surface area contributed by atoms with Crippen LogP contribution in [0.3, 0.4) is 0 Å². The zero-order valence-electron chi connectivity index (χ0n) is 14.2. The number of anilines is 1. The fourth-order valence-corrected chi connectivity index (χ4v) is 4.79. The summed E-state index contributed by atoms with van der Waals surface area (Å²) in [5, 5.41) is 1.14. The van der Waals surface area contributed by atoms with Crippen LogP contribution in [0, 0.1) is 0 Å². The maximum Gasteiger partial charge on any atom is 0.299 e. The van der Waals surface area contributed by atoms with Crippen LogP contribution in [0.15, 0.2) is 36.4 Å². The van der Waals surface area contributed by atoms with E-state index in [1.807, 2.05) is 44.2 Å². The van der Waals surface area contributed by atoms with Crippen molar-refractivity contribution < 1.29 is 9.59 Å². The van der Waals surface area contributed by atoms with Crippen molar-refractivity contribution in [2.24, 2.45) is 0 Å². The van der Waals surface area contributed by atoms with Gasteiger partial charge in [0.25, 0.3) is 11.7 Å². The molecule has 5 heteroatoms. The standard InChI is InChI=1S/C20H17Cl2NO2/c1-19(2)10-20(3,11-4-6-12(21)7-5-11)15-9-13(22)8-14-16(15)23(19)18(25)17(14)24/h4-9H,10H2,1-3H3. The highest BCUT2D eigenvalue weighted by atomic mass is 35.5. The van der Waals surface area contributed by atoms with Gasteiger partial charge in [-0.2, -0.15) is 0 Å². The average molecular weight is 374 g/mol. The average Bonchev–Trinajstić information content (AvgIpc) is 2.78. The minimum Gasteiger partial charge on any atom is -0.299 e. The van der Waals surface area contributed by atoms with Crippen LogP contribution >= 0.6 is 23.2 Å². The highest BCUT2D eigenvalue weighted by Crippen LogP contribution is 2.54. The van der Waals surface area contributed by atoms with Crippen LogP contribution in [0.25, 0.3) is 0 Å². The lowest BCUT2D eigenvalue weighted by molar-refractivity contribution is -0.115. The van der Waals surface area contributed by atoms with Crippen LogP contribution < -0.4 is 4.90 Å². The number of ketones is 1. The van der Waals surface area contributed by atoms with Gasteiger partial charge in [-0.1, -0.05) is 42.3 Å². The lowest BCUT2D eigenvalue weighted by Gasteiger charge is -2.49. The van der Waals surface area contributed by atoms with Crippen molar-refractivity contribution in [2.45, 2.75) is 38.1 Å². The summed E-state index contributed by atoms with van der Waals surface area (Å²) >= 11 is 12.4. The van der Waals surface area contributed by atoms with Gasteiger partial charge in [0, 0.05) is 21.0 Å². The highest BCUT2D eigenvalue weighted by Gasteiger charge is 2.54. The quantitative estimate of drug-likeness (QED) is 0.658. The Labute approximate surface area is 156 Å². The predicted octanol–water partition coefficient (Wildman–Crippen LogP) is 5.01. The second-order valence-corrected chi connectivity index (χ2v) is 8.52. The molecule has 0 saturated carbocycles. The monoisotopic (exact) mass is 373 g/mol. The molecule has 2 aliphatic rings.